The van der Waals surface area contributed by atoms with Crippen LogP contribution in [0.15, 0.2) is 53.1 Å². The Hall–Kier alpha value is -3.57. The van der Waals surface area contributed by atoms with Crippen LogP contribution in [0.3, 0.4) is 0 Å². The molecular formula is C24H22FN5O2. The van der Waals surface area contributed by atoms with E-state index in [0.29, 0.717) is 35.9 Å². The second kappa shape index (κ2) is 8.52. The number of carbonyl (C=O) groups is 1. The summed E-state index contributed by atoms with van der Waals surface area (Å²) >= 11 is 0. The smallest absolute Gasteiger partial charge is 0.244 e. The zero-order valence-electron chi connectivity index (χ0n) is 17.4. The van der Waals surface area contributed by atoms with Crippen LogP contribution in [0.4, 0.5) is 10.1 Å². The first-order valence-electron chi connectivity index (χ1n) is 10.8. The summed E-state index contributed by atoms with van der Waals surface area (Å²) in [5, 5.41) is 13.0. The molecule has 5 rings (SSSR count). The van der Waals surface area contributed by atoms with E-state index in [1.807, 2.05) is 12.1 Å². The average Bonchev–Trinajstić information content (AvgIpc) is 3.47. The van der Waals surface area contributed by atoms with Crippen LogP contribution < -0.4 is 4.90 Å². The molecule has 32 heavy (non-hydrogen) atoms. The van der Waals surface area contributed by atoms with Gasteiger partial charge in [0.2, 0.25) is 17.6 Å². The number of hydrogen-bond acceptors (Lipinski definition) is 6. The van der Waals surface area contributed by atoms with Gasteiger partial charge >= 0.3 is 0 Å². The SMILES string of the molecule is N#Cc1ccc(N2CCC(N3CCCC(c4nc(-c5cccc(F)c5)no4)C3)C2=O)cc1. The van der Waals surface area contributed by atoms with Gasteiger partial charge in [0, 0.05) is 24.3 Å². The molecule has 8 heteroatoms. The van der Waals surface area contributed by atoms with Gasteiger partial charge in [0.1, 0.15) is 5.82 Å². The number of piperidine rings is 1. The van der Waals surface area contributed by atoms with Crippen molar-refractivity contribution in [1.29, 1.82) is 5.26 Å². The maximum Gasteiger partial charge on any atom is 0.244 e. The minimum absolute atomic E-state index is 0.0373. The molecular weight excluding hydrogens is 409 g/mol. The summed E-state index contributed by atoms with van der Waals surface area (Å²) in [6.45, 7) is 2.17. The summed E-state index contributed by atoms with van der Waals surface area (Å²) in [6.07, 6.45) is 2.59. The summed E-state index contributed by atoms with van der Waals surface area (Å²) in [6, 6.07) is 15.2. The van der Waals surface area contributed by atoms with E-state index in [2.05, 4.69) is 21.1 Å². The van der Waals surface area contributed by atoms with Gasteiger partial charge in [0.15, 0.2) is 0 Å². The first kappa shape index (κ1) is 20.3. The lowest BCUT2D eigenvalue weighted by Gasteiger charge is -2.34. The number of carbonyl (C=O) groups excluding carboxylic acids is 1. The highest BCUT2D eigenvalue weighted by Crippen LogP contribution is 2.32. The van der Waals surface area contributed by atoms with Crippen molar-refractivity contribution < 1.29 is 13.7 Å². The van der Waals surface area contributed by atoms with Crippen molar-refractivity contribution >= 4 is 11.6 Å². The molecule has 2 unspecified atom stereocenters. The largest absolute Gasteiger partial charge is 0.339 e. The van der Waals surface area contributed by atoms with Crippen molar-refractivity contribution in [3.8, 4) is 17.5 Å². The molecule has 0 saturated carbocycles. The van der Waals surface area contributed by atoms with Gasteiger partial charge in [0.25, 0.3) is 0 Å². The van der Waals surface area contributed by atoms with Gasteiger partial charge in [-0.3, -0.25) is 9.69 Å². The van der Waals surface area contributed by atoms with Crippen molar-refractivity contribution in [2.45, 2.75) is 31.2 Å². The second-order valence-electron chi connectivity index (χ2n) is 8.25. The van der Waals surface area contributed by atoms with Gasteiger partial charge in [-0.15, -0.1) is 0 Å². The highest BCUT2D eigenvalue weighted by molar-refractivity contribution is 5.99. The van der Waals surface area contributed by atoms with E-state index in [0.717, 1.165) is 31.5 Å². The summed E-state index contributed by atoms with van der Waals surface area (Å²) in [5.74, 6) is 0.685. The topological polar surface area (TPSA) is 86.3 Å². The lowest BCUT2D eigenvalue weighted by molar-refractivity contribution is -0.122. The Morgan fingerprint density at radius 3 is 2.75 bits per heavy atom. The molecule has 3 aromatic rings. The second-order valence-corrected chi connectivity index (χ2v) is 8.25. The fraction of sp³-hybridized carbons (Fsp3) is 0.333. The molecule has 0 radical (unpaired) electrons. The molecule has 0 aliphatic carbocycles. The number of hydrogen-bond donors (Lipinski definition) is 0. The molecule has 0 bridgehead atoms. The molecule has 2 saturated heterocycles. The summed E-state index contributed by atoms with van der Waals surface area (Å²) < 4.78 is 19.0. The number of amides is 1. The number of benzene rings is 2. The lowest BCUT2D eigenvalue weighted by Crippen LogP contribution is -2.46. The van der Waals surface area contributed by atoms with E-state index in [-0.39, 0.29) is 23.7 Å². The average molecular weight is 431 g/mol. The van der Waals surface area contributed by atoms with Gasteiger partial charge < -0.3 is 9.42 Å². The fourth-order valence-corrected chi connectivity index (χ4v) is 4.61. The Bertz CT molecular complexity index is 1170. The molecule has 2 aliphatic heterocycles. The van der Waals surface area contributed by atoms with Gasteiger partial charge in [-0.25, -0.2) is 4.39 Å². The Labute approximate surface area is 185 Å². The standard InChI is InChI=1S/C24H22FN5O2/c25-19-5-1-3-17(13-19)22-27-23(32-28-22)18-4-2-11-29(15-18)21-10-12-30(24(21)31)20-8-6-16(14-26)7-9-20/h1,3,5-9,13,18,21H,2,4,10-12,15H2. The fourth-order valence-electron chi connectivity index (χ4n) is 4.61. The van der Waals surface area contributed by atoms with E-state index in [4.69, 9.17) is 9.78 Å². The van der Waals surface area contributed by atoms with Crippen LogP contribution in [0.2, 0.25) is 0 Å². The highest BCUT2D eigenvalue weighted by Gasteiger charge is 2.39. The van der Waals surface area contributed by atoms with Crippen molar-refractivity contribution in [3.63, 3.8) is 0 Å². The number of nitrogens with zero attached hydrogens (tertiary/aromatic N) is 5. The first-order valence-corrected chi connectivity index (χ1v) is 10.8. The van der Waals surface area contributed by atoms with Crippen LogP contribution >= 0.6 is 0 Å². The maximum absolute atomic E-state index is 13.5. The molecule has 2 aliphatic rings. The minimum atomic E-state index is -0.343. The Balaban J connectivity index is 1.28. The van der Waals surface area contributed by atoms with Crippen LogP contribution in [-0.2, 0) is 4.79 Å². The van der Waals surface area contributed by atoms with Crippen molar-refractivity contribution in [2.24, 2.45) is 0 Å². The predicted octanol–water partition coefficient (Wildman–Crippen LogP) is 3.73. The predicted molar refractivity (Wildman–Crippen MR) is 115 cm³/mol. The maximum atomic E-state index is 13.5. The number of nitriles is 1. The Morgan fingerprint density at radius 2 is 1.97 bits per heavy atom. The third kappa shape index (κ3) is 3.87. The molecule has 1 amide bonds. The number of halogens is 1. The van der Waals surface area contributed by atoms with Crippen molar-refractivity contribution in [3.05, 3.63) is 65.8 Å². The zero-order chi connectivity index (χ0) is 22.1. The summed E-state index contributed by atoms with van der Waals surface area (Å²) in [5.41, 5.74) is 1.98. The molecule has 2 atom stereocenters. The molecule has 162 valence electrons. The number of likely N-dealkylation sites (tertiary alicyclic amines) is 1. The Morgan fingerprint density at radius 1 is 1.12 bits per heavy atom. The Kier molecular flexibility index (Phi) is 5.41. The molecule has 7 nitrogen and oxygen atoms in total. The third-order valence-electron chi connectivity index (χ3n) is 6.25. The molecule has 2 fully saturated rings. The van der Waals surface area contributed by atoms with E-state index >= 15 is 0 Å². The van der Waals surface area contributed by atoms with Gasteiger partial charge in [0.05, 0.1) is 23.6 Å². The highest BCUT2D eigenvalue weighted by atomic mass is 19.1. The van der Waals surface area contributed by atoms with E-state index in [1.54, 1.807) is 29.2 Å². The molecule has 0 N–H and O–H groups in total. The lowest BCUT2D eigenvalue weighted by atomic mass is 9.96. The van der Waals surface area contributed by atoms with Gasteiger partial charge in [-0.05, 0) is 62.2 Å². The summed E-state index contributed by atoms with van der Waals surface area (Å²) in [7, 11) is 0. The molecule has 1 aromatic heterocycles. The number of anilines is 1. The quantitative estimate of drug-likeness (QED) is 0.626. The number of rotatable bonds is 4. The first-order chi connectivity index (χ1) is 15.6. The zero-order valence-corrected chi connectivity index (χ0v) is 17.4. The van der Waals surface area contributed by atoms with Crippen molar-refractivity contribution in [2.75, 3.05) is 24.5 Å². The van der Waals surface area contributed by atoms with Crippen LogP contribution in [0.25, 0.3) is 11.4 Å². The minimum Gasteiger partial charge on any atom is -0.339 e. The normalized spacial score (nSPS) is 21.6. The van der Waals surface area contributed by atoms with E-state index in [9.17, 15) is 9.18 Å². The van der Waals surface area contributed by atoms with Gasteiger partial charge in [-0.2, -0.15) is 10.2 Å². The van der Waals surface area contributed by atoms with Gasteiger partial charge in [-0.1, -0.05) is 17.3 Å². The summed E-state index contributed by atoms with van der Waals surface area (Å²) in [4.78, 5) is 21.7. The molecule has 2 aromatic carbocycles. The monoisotopic (exact) mass is 431 g/mol. The van der Waals surface area contributed by atoms with Crippen LogP contribution in [0.1, 0.15) is 36.6 Å². The van der Waals surface area contributed by atoms with E-state index in [1.165, 1.54) is 12.1 Å². The van der Waals surface area contributed by atoms with Crippen LogP contribution in [0, 0.1) is 17.1 Å². The van der Waals surface area contributed by atoms with Crippen molar-refractivity contribution in [1.82, 2.24) is 15.0 Å². The molecule has 0 spiro atoms. The van der Waals surface area contributed by atoms with Crippen LogP contribution in [0.5, 0.6) is 0 Å². The third-order valence-corrected chi connectivity index (χ3v) is 6.25. The molecule has 3 heterocycles. The van der Waals surface area contributed by atoms with Crippen LogP contribution in [-0.4, -0.2) is 46.6 Å². The van der Waals surface area contributed by atoms with E-state index < -0.39 is 0 Å². The number of aromatic nitrogens is 2.